The maximum atomic E-state index is 12.4. The minimum atomic E-state index is -0.425. The van der Waals surface area contributed by atoms with Gasteiger partial charge in [0.1, 0.15) is 5.56 Å². The maximum Gasteiger partial charge on any atom is 0.343 e. The fourth-order valence-corrected chi connectivity index (χ4v) is 3.22. The molecule has 0 aliphatic rings. The van der Waals surface area contributed by atoms with Crippen LogP contribution in [-0.4, -0.2) is 27.5 Å². The number of thiocarbonyl (C=S) groups is 1. The summed E-state index contributed by atoms with van der Waals surface area (Å²) in [6, 6.07) is 19.6. The van der Waals surface area contributed by atoms with Gasteiger partial charge in [-0.25, -0.2) is 4.79 Å². The van der Waals surface area contributed by atoms with Crippen LogP contribution in [0.4, 0.5) is 17.2 Å². The molecular weight excluding hydrogens is 384 g/mol. The first-order valence-electron chi connectivity index (χ1n) is 9.59. The van der Waals surface area contributed by atoms with Gasteiger partial charge in [-0.05, 0) is 49.8 Å². The molecule has 29 heavy (non-hydrogen) atoms. The second-order valence-corrected chi connectivity index (χ2v) is 6.70. The van der Waals surface area contributed by atoms with Crippen molar-refractivity contribution in [2.75, 3.05) is 16.8 Å². The summed E-state index contributed by atoms with van der Waals surface area (Å²) < 4.78 is 6.91. The zero-order valence-corrected chi connectivity index (χ0v) is 17.4. The molecule has 0 aliphatic carbocycles. The Morgan fingerprint density at radius 3 is 2.17 bits per heavy atom. The normalized spacial score (nSPS) is 10.4. The Balaban J connectivity index is 1.95. The van der Waals surface area contributed by atoms with Crippen molar-refractivity contribution in [3.63, 3.8) is 0 Å². The molecule has 0 amide bonds. The third-order valence-electron chi connectivity index (χ3n) is 4.17. The topological polar surface area (TPSA) is 59.4 Å². The van der Waals surface area contributed by atoms with E-state index in [0.29, 0.717) is 29.6 Å². The third-order valence-corrected chi connectivity index (χ3v) is 4.45. The summed E-state index contributed by atoms with van der Waals surface area (Å²) in [5, 5.41) is 8.07. The molecule has 150 valence electrons. The van der Waals surface area contributed by atoms with Crippen LogP contribution in [0.5, 0.6) is 0 Å². The molecule has 3 rings (SSSR count). The third kappa shape index (κ3) is 5.00. The quantitative estimate of drug-likeness (QED) is 0.438. The first-order valence-corrected chi connectivity index (χ1v) is 10.0. The number of benzene rings is 2. The molecule has 0 aliphatic heterocycles. The number of esters is 1. The van der Waals surface area contributed by atoms with E-state index in [-0.39, 0.29) is 0 Å². The molecule has 0 saturated carbocycles. The molecule has 6 nitrogen and oxygen atoms in total. The smallest absolute Gasteiger partial charge is 0.343 e. The summed E-state index contributed by atoms with van der Waals surface area (Å²) in [5.74, 6) is -0.0371. The van der Waals surface area contributed by atoms with E-state index in [0.717, 1.165) is 17.8 Å². The van der Waals surface area contributed by atoms with E-state index < -0.39 is 5.97 Å². The van der Waals surface area contributed by atoms with E-state index in [1.54, 1.807) is 17.8 Å². The standard InChI is InChI=1S/C22H24N4O2S/c1-3-15-25-16-19(21(27)28-4-2)20(24-25)23-22(29)26(17-11-7-5-8-12-17)18-13-9-6-10-14-18/h5-14,16H,3-4,15H2,1-2H3,(H,23,24,29). The molecular formula is C22H24N4O2S. The lowest BCUT2D eigenvalue weighted by molar-refractivity contribution is 0.0527. The molecule has 0 spiro atoms. The summed E-state index contributed by atoms with van der Waals surface area (Å²) in [7, 11) is 0. The average Bonchev–Trinajstić information content (AvgIpc) is 3.12. The number of nitrogens with zero attached hydrogens (tertiary/aromatic N) is 3. The van der Waals surface area contributed by atoms with Crippen molar-refractivity contribution >= 4 is 40.5 Å². The summed E-state index contributed by atoms with van der Waals surface area (Å²) in [6.45, 7) is 4.82. The van der Waals surface area contributed by atoms with E-state index in [1.165, 1.54) is 0 Å². The molecule has 2 aromatic carbocycles. The number of nitrogens with one attached hydrogen (secondary N) is 1. The minimum absolute atomic E-state index is 0.293. The Bertz CT molecular complexity index is 918. The Morgan fingerprint density at radius 1 is 1.07 bits per heavy atom. The van der Waals surface area contributed by atoms with E-state index in [1.807, 2.05) is 65.6 Å². The minimum Gasteiger partial charge on any atom is -0.462 e. The molecule has 0 fully saturated rings. The highest BCUT2D eigenvalue weighted by atomic mass is 32.1. The SMILES string of the molecule is CCCn1cc(C(=O)OCC)c(NC(=S)N(c2ccccc2)c2ccccc2)n1. The lowest BCUT2D eigenvalue weighted by atomic mass is 10.2. The van der Waals surface area contributed by atoms with Gasteiger partial charge in [-0.2, -0.15) is 5.10 Å². The van der Waals surface area contributed by atoms with Gasteiger partial charge in [0.2, 0.25) is 0 Å². The molecule has 1 heterocycles. The largest absolute Gasteiger partial charge is 0.462 e. The van der Waals surface area contributed by atoms with Gasteiger partial charge in [-0.1, -0.05) is 43.3 Å². The Hall–Kier alpha value is -3.19. The van der Waals surface area contributed by atoms with Crippen LogP contribution in [0, 0.1) is 0 Å². The van der Waals surface area contributed by atoms with E-state index in [4.69, 9.17) is 17.0 Å². The van der Waals surface area contributed by atoms with Crippen molar-refractivity contribution in [2.24, 2.45) is 0 Å². The number of para-hydroxylation sites is 2. The number of hydrogen-bond donors (Lipinski definition) is 1. The monoisotopic (exact) mass is 408 g/mol. The average molecular weight is 409 g/mol. The van der Waals surface area contributed by atoms with Crippen LogP contribution < -0.4 is 10.2 Å². The van der Waals surface area contributed by atoms with Gasteiger partial charge in [0.15, 0.2) is 10.9 Å². The Morgan fingerprint density at radius 2 is 1.66 bits per heavy atom. The fraction of sp³-hybridized carbons (Fsp3) is 0.227. The highest BCUT2D eigenvalue weighted by molar-refractivity contribution is 7.80. The maximum absolute atomic E-state index is 12.4. The van der Waals surface area contributed by atoms with Crippen LogP contribution in [0.15, 0.2) is 66.9 Å². The second-order valence-electron chi connectivity index (χ2n) is 6.31. The highest BCUT2D eigenvalue weighted by Crippen LogP contribution is 2.27. The van der Waals surface area contributed by atoms with Crippen molar-refractivity contribution in [3.05, 3.63) is 72.4 Å². The summed E-state index contributed by atoms with van der Waals surface area (Å²) in [6.07, 6.45) is 2.59. The highest BCUT2D eigenvalue weighted by Gasteiger charge is 2.21. The zero-order valence-electron chi connectivity index (χ0n) is 16.5. The number of hydrogen-bond acceptors (Lipinski definition) is 4. The Labute approximate surface area is 176 Å². The van der Waals surface area contributed by atoms with Crippen LogP contribution in [0.1, 0.15) is 30.6 Å². The van der Waals surface area contributed by atoms with Crippen LogP contribution in [-0.2, 0) is 11.3 Å². The van der Waals surface area contributed by atoms with Gasteiger partial charge in [-0.3, -0.25) is 9.58 Å². The van der Waals surface area contributed by atoms with E-state index in [9.17, 15) is 4.79 Å². The van der Waals surface area contributed by atoms with Gasteiger partial charge in [0.25, 0.3) is 0 Å². The van der Waals surface area contributed by atoms with Gasteiger partial charge in [0.05, 0.1) is 6.61 Å². The molecule has 1 aromatic heterocycles. The fourth-order valence-electron chi connectivity index (χ4n) is 2.91. The molecule has 0 bridgehead atoms. The predicted octanol–water partition coefficient (Wildman–Crippen LogP) is 5.00. The molecule has 0 unspecified atom stereocenters. The summed E-state index contributed by atoms with van der Waals surface area (Å²) >= 11 is 5.72. The van der Waals surface area contributed by atoms with Crippen LogP contribution in [0.3, 0.4) is 0 Å². The first kappa shape index (κ1) is 20.5. The second kappa shape index (κ2) is 9.84. The van der Waals surface area contributed by atoms with Gasteiger partial charge in [0, 0.05) is 24.1 Å². The number of aryl methyl sites for hydroxylation is 1. The van der Waals surface area contributed by atoms with Gasteiger partial charge >= 0.3 is 5.97 Å². The number of aromatic nitrogens is 2. The van der Waals surface area contributed by atoms with Crippen LogP contribution in [0.2, 0.25) is 0 Å². The molecule has 1 N–H and O–H groups in total. The molecule has 0 atom stereocenters. The van der Waals surface area contributed by atoms with E-state index >= 15 is 0 Å². The lowest BCUT2D eigenvalue weighted by Crippen LogP contribution is -2.31. The zero-order chi connectivity index (χ0) is 20.6. The number of carbonyl (C=O) groups excluding carboxylic acids is 1. The number of rotatable bonds is 7. The molecule has 0 saturated heterocycles. The van der Waals surface area contributed by atoms with Crippen LogP contribution >= 0.6 is 12.2 Å². The van der Waals surface area contributed by atoms with Crippen molar-refractivity contribution < 1.29 is 9.53 Å². The number of anilines is 3. The summed E-state index contributed by atoms with van der Waals surface area (Å²) in [5.41, 5.74) is 2.17. The number of ether oxygens (including phenoxy) is 1. The van der Waals surface area contributed by atoms with Crippen molar-refractivity contribution in [3.8, 4) is 0 Å². The molecule has 7 heteroatoms. The van der Waals surface area contributed by atoms with Gasteiger partial charge in [-0.15, -0.1) is 0 Å². The van der Waals surface area contributed by atoms with Crippen molar-refractivity contribution in [2.45, 2.75) is 26.8 Å². The predicted molar refractivity (Wildman–Crippen MR) is 120 cm³/mol. The Kier molecular flexibility index (Phi) is 6.97. The summed E-state index contributed by atoms with van der Waals surface area (Å²) in [4.78, 5) is 14.3. The van der Waals surface area contributed by atoms with Gasteiger partial charge < -0.3 is 10.1 Å². The van der Waals surface area contributed by atoms with Crippen LogP contribution in [0.25, 0.3) is 0 Å². The first-order chi connectivity index (χ1) is 14.1. The van der Waals surface area contributed by atoms with Crippen molar-refractivity contribution in [1.29, 1.82) is 0 Å². The molecule has 0 radical (unpaired) electrons. The lowest BCUT2D eigenvalue weighted by Gasteiger charge is -2.25. The number of carbonyl (C=O) groups is 1. The molecule has 3 aromatic rings. The van der Waals surface area contributed by atoms with Crippen molar-refractivity contribution in [1.82, 2.24) is 9.78 Å². The van der Waals surface area contributed by atoms with E-state index in [2.05, 4.69) is 17.3 Å².